The average molecular weight is 280 g/mol. The van der Waals surface area contributed by atoms with Gasteiger partial charge in [0.2, 0.25) is 0 Å². The third-order valence-corrected chi connectivity index (χ3v) is 3.83. The first-order valence-electron chi connectivity index (χ1n) is 7.32. The van der Waals surface area contributed by atoms with Crippen molar-refractivity contribution >= 4 is 5.69 Å². The Morgan fingerprint density at radius 3 is 2.95 bits per heavy atom. The van der Waals surface area contributed by atoms with Gasteiger partial charge in [0.15, 0.2) is 0 Å². The van der Waals surface area contributed by atoms with Gasteiger partial charge >= 0.3 is 0 Å². The second-order valence-corrected chi connectivity index (χ2v) is 5.30. The second-order valence-electron chi connectivity index (χ2n) is 5.30. The van der Waals surface area contributed by atoms with Crippen LogP contribution in [0.2, 0.25) is 0 Å². The van der Waals surface area contributed by atoms with Crippen LogP contribution in [0.1, 0.15) is 12.8 Å². The van der Waals surface area contributed by atoms with E-state index in [2.05, 4.69) is 10.2 Å². The number of hydrogen-bond acceptors (Lipinski definition) is 4. The van der Waals surface area contributed by atoms with Crippen LogP contribution in [0.15, 0.2) is 18.2 Å². The normalized spacial score (nSPS) is 23.1. The molecule has 20 heavy (non-hydrogen) atoms. The SMILES string of the molecule is Fc1ccc(OCC2CCCO2)c(N2CCNCC2)c1. The number of nitrogens with zero attached hydrogens (tertiary/aromatic N) is 1. The highest BCUT2D eigenvalue weighted by Crippen LogP contribution is 2.30. The Morgan fingerprint density at radius 1 is 1.35 bits per heavy atom. The molecule has 0 amide bonds. The molecule has 1 N–H and O–H groups in total. The molecule has 0 bridgehead atoms. The van der Waals surface area contributed by atoms with Crippen molar-refractivity contribution in [1.82, 2.24) is 5.32 Å². The van der Waals surface area contributed by atoms with E-state index in [1.807, 2.05) is 0 Å². The monoisotopic (exact) mass is 280 g/mol. The van der Waals surface area contributed by atoms with Crippen molar-refractivity contribution in [3.8, 4) is 5.75 Å². The van der Waals surface area contributed by atoms with Crippen LogP contribution < -0.4 is 15.0 Å². The summed E-state index contributed by atoms with van der Waals surface area (Å²) in [5, 5.41) is 3.30. The minimum absolute atomic E-state index is 0.177. The molecule has 2 saturated heterocycles. The van der Waals surface area contributed by atoms with Gasteiger partial charge in [-0.25, -0.2) is 4.39 Å². The maximum atomic E-state index is 13.5. The van der Waals surface area contributed by atoms with Gasteiger partial charge in [0.25, 0.3) is 0 Å². The van der Waals surface area contributed by atoms with Crippen molar-refractivity contribution < 1.29 is 13.9 Å². The lowest BCUT2D eigenvalue weighted by Crippen LogP contribution is -2.43. The van der Waals surface area contributed by atoms with E-state index in [4.69, 9.17) is 9.47 Å². The molecule has 2 fully saturated rings. The number of nitrogens with one attached hydrogen (secondary N) is 1. The zero-order valence-corrected chi connectivity index (χ0v) is 11.6. The van der Waals surface area contributed by atoms with E-state index in [0.717, 1.165) is 57.1 Å². The number of rotatable bonds is 4. The summed E-state index contributed by atoms with van der Waals surface area (Å²) in [6.07, 6.45) is 2.32. The van der Waals surface area contributed by atoms with Crippen LogP contribution >= 0.6 is 0 Å². The summed E-state index contributed by atoms with van der Waals surface area (Å²) in [6.45, 7) is 4.95. The fraction of sp³-hybridized carbons (Fsp3) is 0.600. The Balaban J connectivity index is 1.71. The van der Waals surface area contributed by atoms with Crippen LogP contribution in [0.3, 0.4) is 0 Å². The van der Waals surface area contributed by atoms with Crippen LogP contribution in [0.25, 0.3) is 0 Å². The molecule has 110 valence electrons. The van der Waals surface area contributed by atoms with Gasteiger partial charge in [-0.1, -0.05) is 0 Å². The minimum atomic E-state index is -0.219. The predicted octanol–water partition coefficient (Wildman–Crippen LogP) is 1.79. The zero-order chi connectivity index (χ0) is 13.8. The smallest absolute Gasteiger partial charge is 0.142 e. The highest BCUT2D eigenvalue weighted by Gasteiger charge is 2.19. The quantitative estimate of drug-likeness (QED) is 0.912. The van der Waals surface area contributed by atoms with Crippen LogP contribution in [0.5, 0.6) is 5.75 Å². The van der Waals surface area contributed by atoms with Gasteiger partial charge < -0.3 is 19.7 Å². The molecular weight excluding hydrogens is 259 g/mol. The number of benzene rings is 1. The Kier molecular flexibility index (Phi) is 4.38. The molecule has 1 aromatic rings. The summed E-state index contributed by atoms with van der Waals surface area (Å²) in [7, 11) is 0. The molecule has 2 aliphatic heterocycles. The molecule has 4 nitrogen and oxygen atoms in total. The zero-order valence-electron chi connectivity index (χ0n) is 11.6. The first kappa shape index (κ1) is 13.6. The number of hydrogen-bond donors (Lipinski definition) is 1. The van der Waals surface area contributed by atoms with Crippen molar-refractivity contribution in [2.75, 3.05) is 44.3 Å². The van der Waals surface area contributed by atoms with Gasteiger partial charge in [0, 0.05) is 38.9 Å². The Labute approximate surface area is 118 Å². The van der Waals surface area contributed by atoms with Crippen LogP contribution in [0, 0.1) is 5.82 Å². The second kappa shape index (κ2) is 6.41. The van der Waals surface area contributed by atoms with Crippen molar-refractivity contribution in [3.05, 3.63) is 24.0 Å². The van der Waals surface area contributed by atoms with Crippen molar-refractivity contribution in [3.63, 3.8) is 0 Å². The van der Waals surface area contributed by atoms with Crippen LogP contribution in [0.4, 0.5) is 10.1 Å². The Hall–Kier alpha value is -1.33. The summed E-state index contributed by atoms with van der Waals surface area (Å²) in [5.74, 6) is 0.534. The van der Waals surface area contributed by atoms with E-state index in [1.165, 1.54) is 6.07 Å². The molecule has 1 unspecified atom stereocenters. The molecule has 0 saturated carbocycles. The summed E-state index contributed by atoms with van der Waals surface area (Å²) < 4.78 is 25.0. The average Bonchev–Trinajstić information content (AvgIpc) is 3.00. The van der Waals surface area contributed by atoms with Crippen molar-refractivity contribution in [2.45, 2.75) is 18.9 Å². The van der Waals surface area contributed by atoms with Gasteiger partial charge in [0.05, 0.1) is 11.8 Å². The molecule has 0 radical (unpaired) electrons. The lowest BCUT2D eigenvalue weighted by molar-refractivity contribution is 0.0680. The third kappa shape index (κ3) is 3.22. The Morgan fingerprint density at radius 2 is 2.20 bits per heavy atom. The van der Waals surface area contributed by atoms with Crippen LogP contribution in [-0.2, 0) is 4.74 Å². The fourth-order valence-electron chi connectivity index (χ4n) is 2.72. The molecule has 0 aromatic heterocycles. The largest absolute Gasteiger partial charge is 0.489 e. The topological polar surface area (TPSA) is 33.7 Å². The van der Waals surface area contributed by atoms with Gasteiger partial charge in [-0.2, -0.15) is 0 Å². The molecule has 2 heterocycles. The number of ether oxygens (including phenoxy) is 2. The third-order valence-electron chi connectivity index (χ3n) is 3.83. The van der Waals surface area contributed by atoms with Gasteiger partial charge in [-0.05, 0) is 25.0 Å². The summed E-state index contributed by atoms with van der Waals surface area (Å²) in [4.78, 5) is 2.17. The van der Waals surface area contributed by atoms with Crippen molar-refractivity contribution in [2.24, 2.45) is 0 Å². The molecule has 5 heteroatoms. The van der Waals surface area contributed by atoms with Crippen molar-refractivity contribution in [1.29, 1.82) is 0 Å². The number of halogens is 1. The maximum absolute atomic E-state index is 13.5. The highest BCUT2D eigenvalue weighted by atomic mass is 19.1. The predicted molar refractivity (Wildman–Crippen MR) is 76.0 cm³/mol. The fourth-order valence-corrected chi connectivity index (χ4v) is 2.72. The highest BCUT2D eigenvalue weighted by molar-refractivity contribution is 5.59. The van der Waals surface area contributed by atoms with E-state index < -0.39 is 0 Å². The Bertz CT molecular complexity index is 443. The minimum Gasteiger partial charge on any atom is -0.489 e. The summed E-state index contributed by atoms with van der Waals surface area (Å²) in [5.41, 5.74) is 0.851. The van der Waals surface area contributed by atoms with Gasteiger partial charge in [-0.3, -0.25) is 0 Å². The summed E-state index contributed by atoms with van der Waals surface area (Å²) in [6, 6.07) is 4.74. The van der Waals surface area contributed by atoms with E-state index in [-0.39, 0.29) is 11.9 Å². The molecule has 3 rings (SSSR count). The van der Waals surface area contributed by atoms with E-state index in [0.29, 0.717) is 6.61 Å². The van der Waals surface area contributed by atoms with Crippen LogP contribution in [-0.4, -0.2) is 45.5 Å². The van der Waals surface area contributed by atoms with E-state index >= 15 is 0 Å². The summed E-state index contributed by atoms with van der Waals surface area (Å²) >= 11 is 0. The van der Waals surface area contributed by atoms with E-state index in [9.17, 15) is 4.39 Å². The first-order chi connectivity index (χ1) is 9.83. The first-order valence-corrected chi connectivity index (χ1v) is 7.32. The van der Waals surface area contributed by atoms with Gasteiger partial charge in [0.1, 0.15) is 18.2 Å². The molecule has 1 atom stereocenters. The molecule has 0 spiro atoms. The van der Waals surface area contributed by atoms with E-state index in [1.54, 1.807) is 12.1 Å². The molecular formula is C15H21FN2O2. The number of anilines is 1. The van der Waals surface area contributed by atoms with Gasteiger partial charge in [-0.15, -0.1) is 0 Å². The lowest BCUT2D eigenvalue weighted by atomic mass is 10.2. The molecule has 0 aliphatic carbocycles. The standard InChI is InChI=1S/C15H21FN2O2/c16-12-3-4-15(20-11-13-2-1-9-19-13)14(10-12)18-7-5-17-6-8-18/h3-4,10,13,17H,1-2,5-9,11H2. The number of piperazine rings is 1. The molecule has 2 aliphatic rings. The lowest BCUT2D eigenvalue weighted by Gasteiger charge is -2.31. The molecule has 1 aromatic carbocycles. The maximum Gasteiger partial charge on any atom is 0.142 e.